The molecule has 0 aliphatic heterocycles. The van der Waals surface area contributed by atoms with Gasteiger partial charge in [-0.1, -0.05) is 0 Å². The lowest BCUT2D eigenvalue weighted by atomic mass is 10.3. The Morgan fingerprint density at radius 1 is 1.42 bits per heavy atom. The Morgan fingerprint density at radius 2 is 2.16 bits per heavy atom. The summed E-state index contributed by atoms with van der Waals surface area (Å²) in [4.78, 5) is 21.7. The first-order valence-electron chi connectivity index (χ1n) is 5.90. The quantitative estimate of drug-likeness (QED) is 0.868. The van der Waals surface area contributed by atoms with Crippen molar-refractivity contribution in [3.05, 3.63) is 12.1 Å². The zero-order chi connectivity index (χ0) is 14.0. The standard InChI is InChI=1S/C12H17N5O2/c1-16(2)10(18)6-7-17-11-8(14-12(17)13)4-5-9(15-11)19-3/h4-5H,6-7H2,1-3H3,(H2,13,14). The van der Waals surface area contributed by atoms with E-state index in [1.54, 1.807) is 42.8 Å². The summed E-state index contributed by atoms with van der Waals surface area (Å²) in [5.74, 6) is 0.874. The molecule has 19 heavy (non-hydrogen) atoms. The molecule has 2 rings (SSSR count). The predicted molar refractivity (Wildman–Crippen MR) is 71.8 cm³/mol. The normalized spacial score (nSPS) is 10.7. The number of aryl methyl sites for hydroxylation is 1. The molecule has 0 fully saturated rings. The summed E-state index contributed by atoms with van der Waals surface area (Å²) in [6.07, 6.45) is 0.349. The molecule has 0 atom stereocenters. The molecule has 0 saturated carbocycles. The van der Waals surface area contributed by atoms with Gasteiger partial charge >= 0.3 is 0 Å². The second-order valence-electron chi connectivity index (χ2n) is 4.36. The van der Waals surface area contributed by atoms with Crippen molar-refractivity contribution >= 4 is 23.0 Å². The van der Waals surface area contributed by atoms with Crippen LogP contribution in [0.2, 0.25) is 0 Å². The predicted octanol–water partition coefficient (Wildman–Crippen LogP) is 0.500. The molecule has 0 aliphatic rings. The van der Waals surface area contributed by atoms with Gasteiger partial charge in [-0.05, 0) is 6.07 Å². The molecule has 0 spiro atoms. The minimum absolute atomic E-state index is 0.0316. The Labute approximate surface area is 111 Å². The molecule has 7 nitrogen and oxygen atoms in total. The van der Waals surface area contributed by atoms with Gasteiger partial charge in [-0.2, -0.15) is 4.98 Å². The number of amides is 1. The van der Waals surface area contributed by atoms with Crippen LogP contribution >= 0.6 is 0 Å². The summed E-state index contributed by atoms with van der Waals surface area (Å²) in [5.41, 5.74) is 7.17. The molecule has 0 unspecified atom stereocenters. The Bertz CT molecular complexity index is 605. The number of aromatic nitrogens is 3. The smallest absolute Gasteiger partial charge is 0.223 e. The number of ether oxygens (including phenoxy) is 1. The van der Waals surface area contributed by atoms with Gasteiger partial charge in [0.15, 0.2) is 5.65 Å². The third-order valence-electron chi connectivity index (χ3n) is 2.85. The number of nitrogens with zero attached hydrogens (tertiary/aromatic N) is 4. The average molecular weight is 263 g/mol. The maximum Gasteiger partial charge on any atom is 0.223 e. The summed E-state index contributed by atoms with van der Waals surface area (Å²) >= 11 is 0. The van der Waals surface area contributed by atoms with Gasteiger partial charge in [0.25, 0.3) is 0 Å². The lowest BCUT2D eigenvalue weighted by molar-refractivity contribution is -0.128. The number of nitrogen functional groups attached to an aromatic ring is 1. The number of pyridine rings is 1. The van der Waals surface area contributed by atoms with Gasteiger partial charge < -0.3 is 15.4 Å². The van der Waals surface area contributed by atoms with Crippen LogP contribution in [0.4, 0.5) is 5.95 Å². The molecule has 2 N–H and O–H groups in total. The fourth-order valence-electron chi connectivity index (χ4n) is 1.77. The number of hydrogen-bond acceptors (Lipinski definition) is 5. The third kappa shape index (κ3) is 2.59. The van der Waals surface area contributed by atoms with Crippen LogP contribution in [0.5, 0.6) is 5.88 Å². The second-order valence-corrected chi connectivity index (χ2v) is 4.36. The van der Waals surface area contributed by atoms with Crippen molar-refractivity contribution in [3.63, 3.8) is 0 Å². The lowest BCUT2D eigenvalue weighted by Gasteiger charge is -2.11. The molecule has 2 heterocycles. The zero-order valence-electron chi connectivity index (χ0n) is 11.3. The van der Waals surface area contributed by atoms with E-state index >= 15 is 0 Å². The van der Waals surface area contributed by atoms with Gasteiger partial charge in [-0.3, -0.25) is 9.36 Å². The van der Waals surface area contributed by atoms with Gasteiger partial charge in [0.2, 0.25) is 17.7 Å². The number of anilines is 1. The summed E-state index contributed by atoms with van der Waals surface area (Å²) < 4.78 is 6.80. The van der Waals surface area contributed by atoms with E-state index in [2.05, 4.69) is 9.97 Å². The highest BCUT2D eigenvalue weighted by Crippen LogP contribution is 2.19. The van der Waals surface area contributed by atoms with Crippen molar-refractivity contribution < 1.29 is 9.53 Å². The molecule has 0 aliphatic carbocycles. The Kier molecular flexibility index (Phi) is 3.55. The number of carbonyl (C=O) groups excluding carboxylic acids is 1. The van der Waals surface area contributed by atoms with E-state index in [9.17, 15) is 4.79 Å². The van der Waals surface area contributed by atoms with Gasteiger partial charge in [0.05, 0.1) is 7.11 Å². The molecule has 2 aromatic heterocycles. The van der Waals surface area contributed by atoms with E-state index in [1.165, 1.54) is 0 Å². The van der Waals surface area contributed by atoms with E-state index in [0.29, 0.717) is 36.0 Å². The lowest BCUT2D eigenvalue weighted by Crippen LogP contribution is -2.23. The number of hydrogen-bond donors (Lipinski definition) is 1. The molecule has 102 valence electrons. The van der Waals surface area contributed by atoms with E-state index < -0.39 is 0 Å². The topological polar surface area (TPSA) is 86.3 Å². The van der Waals surface area contributed by atoms with Crippen LogP contribution in [-0.4, -0.2) is 46.5 Å². The van der Waals surface area contributed by atoms with Crippen molar-refractivity contribution in [1.82, 2.24) is 19.4 Å². The van der Waals surface area contributed by atoms with Gasteiger partial charge in [0.1, 0.15) is 5.52 Å². The zero-order valence-corrected chi connectivity index (χ0v) is 11.3. The van der Waals surface area contributed by atoms with Crippen LogP contribution < -0.4 is 10.5 Å². The summed E-state index contributed by atoms with van der Waals surface area (Å²) in [7, 11) is 4.99. The first-order valence-corrected chi connectivity index (χ1v) is 5.90. The molecule has 0 bridgehead atoms. The molecule has 2 aromatic rings. The highest BCUT2D eigenvalue weighted by Gasteiger charge is 2.12. The Morgan fingerprint density at radius 3 is 2.79 bits per heavy atom. The monoisotopic (exact) mass is 263 g/mol. The van der Waals surface area contributed by atoms with Crippen molar-refractivity contribution in [2.24, 2.45) is 0 Å². The van der Waals surface area contributed by atoms with Crippen LogP contribution in [0.15, 0.2) is 12.1 Å². The summed E-state index contributed by atoms with van der Waals surface area (Å²) in [5, 5.41) is 0. The number of fused-ring (bicyclic) bond motifs is 1. The van der Waals surface area contributed by atoms with Crippen LogP contribution in [0.25, 0.3) is 11.2 Å². The number of carbonyl (C=O) groups is 1. The number of nitrogens with two attached hydrogens (primary N) is 1. The minimum Gasteiger partial charge on any atom is -0.481 e. The average Bonchev–Trinajstić information content (AvgIpc) is 2.70. The van der Waals surface area contributed by atoms with Gasteiger partial charge in [-0.25, -0.2) is 4.98 Å². The summed E-state index contributed by atoms with van der Waals surface area (Å²) in [6, 6.07) is 3.52. The van der Waals surface area contributed by atoms with Crippen LogP contribution in [0.3, 0.4) is 0 Å². The van der Waals surface area contributed by atoms with E-state index in [4.69, 9.17) is 10.5 Å². The number of rotatable bonds is 4. The first kappa shape index (κ1) is 13.1. The Hall–Kier alpha value is -2.31. The van der Waals surface area contributed by atoms with E-state index in [-0.39, 0.29) is 5.91 Å². The van der Waals surface area contributed by atoms with Crippen LogP contribution in [0, 0.1) is 0 Å². The number of imidazole rings is 1. The summed E-state index contributed by atoms with van der Waals surface area (Å²) in [6.45, 7) is 0.444. The number of methoxy groups -OCH3 is 1. The molecule has 0 saturated heterocycles. The highest BCUT2D eigenvalue weighted by atomic mass is 16.5. The Balaban J connectivity index is 2.31. The van der Waals surface area contributed by atoms with Crippen LogP contribution in [0.1, 0.15) is 6.42 Å². The molecule has 0 radical (unpaired) electrons. The van der Waals surface area contributed by atoms with Gasteiger partial charge in [0, 0.05) is 33.1 Å². The maximum atomic E-state index is 11.6. The fourth-order valence-corrected chi connectivity index (χ4v) is 1.77. The van der Waals surface area contributed by atoms with Crippen molar-refractivity contribution in [3.8, 4) is 5.88 Å². The highest BCUT2D eigenvalue weighted by molar-refractivity contribution is 5.77. The minimum atomic E-state index is 0.0316. The second kappa shape index (κ2) is 5.13. The van der Waals surface area contributed by atoms with E-state index in [1.807, 2.05) is 0 Å². The maximum absolute atomic E-state index is 11.6. The molecule has 0 aromatic carbocycles. The van der Waals surface area contributed by atoms with Crippen molar-refractivity contribution in [2.75, 3.05) is 26.9 Å². The van der Waals surface area contributed by atoms with Crippen molar-refractivity contribution in [2.45, 2.75) is 13.0 Å². The molecular weight excluding hydrogens is 246 g/mol. The SMILES string of the molecule is COc1ccc2nc(N)n(CCC(=O)N(C)C)c2n1. The molecular formula is C12H17N5O2. The molecule has 1 amide bonds. The fraction of sp³-hybridized carbons (Fsp3) is 0.417. The van der Waals surface area contributed by atoms with Crippen LogP contribution in [-0.2, 0) is 11.3 Å². The third-order valence-corrected chi connectivity index (χ3v) is 2.85. The van der Waals surface area contributed by atoms with Crippen molar-refractivity contribution in [1.29, 1.82) is 0 Å². The first-order chi connectivity index (χ1) is 9.02. The van der Waals surface area contributed by atoms with E-state index in [0.717, 1.165) is 0 Å². The van der Waals surface area contributed by atoms with Gasteiger partial charge in [-0.15, -0.1) is 0 Å². The molecule has 7 heteroatoms. The largest absolute Gasteiger partial charge is 0.481 e.